The van der Waals surface area contributed by atoms with Crippen LogP contribution in [0.4, 0.5) is 5.69 Å². The summed E-state index contributed by atoms with van der Waals surface area (Å²) in [5.41, 5.74) is 0.628. The molecule has 0 aliphatic carbocycles. The zero-order valence-corrected chi connectivity index (χ0v) is 11.1. The Morgan fingerprint density at radius 3 is 2.29 bits per heavy atom. The molecule has 0 saturated heterocycles. The molecule has 1 aromatic carbocycles. The topological polar surface area (TPSA) is 29.5 Å². The fourth-order valence-corrected chi connectivity index (χ4v) is 1.47. The molecule has 1 rings (SSSR count). The summed E-state index contributed by atoms with van der Waals surface area (Å²) >= 11 is 0. The Morgan fingerprint density at radius 1 is 1.24 bits per heavy atom. The number of amides is 1. The number of hydrogen-bond acceptors (Lipinski definition) is 2. The monoisotopic (exact) mass is 235 g/mol. The van der Waals surface area contributed by atoms with E-state index in [9.17, 15) is 4.79 Å². The Morgan fingerprint density at radius 2 is 1.82 bits per heavy atom. The molecule has 17 heavy (non-hydrogen) atoms. The minimum absolute atomic E-state index is 0.00590. The van der Waals surface area contributed by atoms with Gasteiger partial charge in [0.2, 0.25) is 0 Å². The lowest BCUT2D eigenvalue weighted by atomic mass is 10.2. The molecule has 3 heteroatoms. The molecule has 0 aromatic heterocycles. The summed E-state index contributed by atoms with van der Waals surface area (Å²) in [4.78, 5) is 13.8. The third kappa shape index (κ3) is 4.57. The van der Waals surface area contributed by atoms with E-state index >= 15 is 0 Å². The number of rotatable bonds is 4. The molecule has 0 heterocycles. The number of benzene rings is 1. The fraction of sp³-hybridized carbons (Fsp3) is 0.500. The Kier molecular flexibility index (Phi) is 4.70. The lowest BCUT2D eigenvalue weighted by Crippen LogP contribution is -2.36. The standard InChI is InChI=1S/C14H21NO2/c1-5-15(12-9-7-6-8-10-12)13(16)11-17-14(2,3)4/h6-10H,5,11H2,1-4H3. The van der Waals surface area contributed by atoms with Crippen molar-refractivity contribution in [1.29, 1.82) is 0 Å². The van der Waals surface area contributed by atoms with E-state index in [1.807, 2.05) is 58.0 Å². The maximum absolute atomic E-state index is 12.0. The van der Waals surface area contributed by atoms with E-state index < -0.39 is 0 Å². The van der Waals surface area contributed by atoms with Crippen molar-refractivity contribution in [3.05, 3.63) is 30.3 Å². The normalized spacial score (nSPS) is 11.3. The average molecular weight is 235 g/mol. The highest BCUT2D eigenvalue weighted by Gasteiger charge is 2.17. The van der Waals surface area contributed by atoms with E-state index in [0.717, 1.165) is 5.69 Å². The largest absolute Gasteiger partial charge is 0.366 e. The molecule has 0 radical (unpaired) electrons. The van der Waals surface area contributed by atoms with Crippen molar-refractivity contribution in [3.8, 4) is 0 Å². The van der Waals surface area contributed by atoms with Crippen molar-refractivity contribution in [1.82, 2.24) is 0 Å². The predicted octanol–water partition coefficient (Wildman–Crippen LogP) is 2.85. The first kappa shape index (κ1) is 13.7. The number of anilines is 1. The summed E-state index contributed by atoms with van der Waals surface area (Å²) in [6.45, 7) is 8.56. The van der Waals surface area contributed by atoms with E-state index in [0.29, 0.717) is 6.54 Å². The number of nitrogens with zero attached hydrogens (tertiary/aromatic N) is 1. The highest BCUT2D eigenvalue weighted by Crippen LogP contribution is 2.14. The molecule has 0 fully saturated rings. The van der Waals surface area contributed by atoms with Crippen molar-refractivity contribution in [3.63, 3.8) is 0 Å². The van der Waals surface area contributed by atoms with Crippen LogP contribution in [-0.4, -0.2) is 24.7 Å². The van der Waals surface area contributed by atoms with Gasteiger partial charge >= 0.3 is 0 Å². The van der Waals surface area contributed by atoms with Gasteiger partial charge in [-0.2, -0.15) is 0 Å². The molecule has 0 aliphatic rings. The minimum Gasteiger partial charge on any atom is -0.366 e. The maximum Gasteiger partial charge on any atom is 0.252 e. The van der Waals surface area contributed by atoms with E-state index in [-0.39, 0.29) is 18.1 Å². The van der Waals surface area contributed by atoms with Crippen LogP contribution in [0.15, 0.2) is 30.3 Å². The lowest BCUT2D eigenvalue weighted by molar-refractivity contribution is -0.127. The number of para-hydroxylation sites is 1. The van der Waals surface area contributed by atoms with Gasteiger partial charge in [0.1, 0.15) is 6.61 Å². The Hall–Kier alpha value is -1.35. The van der Waals surface area contributed by atoms with Crippen LogP contribution in [-0.2, 0) is 9.53 Å². The number of hydrogen-bond donors (Lipinski definition) is 0. The first-order chi connectivity index (χ1) is 7.94. The Balaban J connectivity index is 2.66. The van der Waals surface area contributed by atoms with Gasteiger partial charge in [0, 0.05) is 12.2 Å². The van der Waals surface area contributed by atoms with E-state index in [1.165, 1.54) is 0 Å². The van der Waals surface area contributed by atoms with Gasteiger partial charge in [-0.3, -0.25) is 4.79 Å². The molecule has 0 unspecified atom stereocenters. The van der Waals surface area contributed by atoms with Crippen LogP contribution in [0.25, 0.3) is 0 Å². The number of carbonyl (C=O) groups excluding carboxylic acids is 1. The van der Waals surface area contributed by atoms with Crippen molar-refractivity contribution in [2.45, 2.75) is 33.3 Å². The van der Waals surface area contributed by atoms with Gasteiger partial charge in [-0.15, -0.1) is 0 Å². The molecule has 3 nitrogen and oxygen atoms in total. The zero-order valence-electron chi connectivity index (χ0n) is 11.1. The van der Waals surface area contributed by atoms with E-state index in [4.69, 9.17) is 4.74 Å². The Labute approximate surface area is 103 Å². The minimum atomic E-state index is -0.286. The van der Waals surface area contributed by atoms with Gasteiger partial charge in [0.25, 0.3) is 5.91 Å². The quantitative estimate of drug-likeness (QED) is 0.803. The van der Waals surface area contributed by atoms with Crippen LogP contribution in [0.5, 0.6) is 0 Å². The molecular weight excluding hydrogens is 214 g/mol. The number of carbonyl (C=O) groups is 1. The van der Waals surface area contributed by atoms with Crippen LogP contribution in [0.3, 0.4) is 0 Å². The van der Waals surface area contributed by atoms with Gasteiger partial charge in [-0.1, -0.05) is 18.2 Å². The predicted molar refractivity (Wildman–Crippen MR) is 70.2 cm³/mol. The first-order valence-electron chi connectivity index (χ1n) is 5.93. The average Bonchev–Trinajstić information content (AvgIpc) is 2.28. The second kappa shape index (κ2) is 5.82. The molecule has 0 N–H and O–H groups in total. The second-order valence-electron chi connectivity index (χ2n) is 4.87. The highest BCUT2D eigenvalue weighted by molar-refractivity contribution is 5.94. The zero-order chi connectivity index (χ0) is 12.9. The SMILES string of the molecule is CCN(C(=O)COC(C)(C)C)c1ccccc1. The third-order valence-corrected chi connectivity index (χ3v) is 2.31. The molecule has 0 atom stereocenters. The summed E-state index contributed by atoms with van der Waals surface area (Å²) in [5.74, 6) is -0.00590. The van der Waals surface area contributed by atoms with Gasteiger partial charge in [-0.05, 0) is 39.8 Å². The van der Waals surface area contributed by atoms with Crippen molar-refractivity contribution < 1.29 is 9.53 Å². The van der Waals surface area contributed by atoms with Crippen molar-refractivity contribution in [2.75, 3.05) is 18.1 Å². The first-order valence-corrected chi connectivity index (χ1v) is 5.93. The summed E-state index contributed by atoms with van der Waals surface area (Å²) < 4.78 is 5.50. The Bertz CT molecular complexity index is 354. The van der Waals surface area contributed by atoms with Crippen LogP contribution in [0, 0.1) is 0 Å². The van der Waals surface area contributed by atoms with Gasteiger partial charge in [0.15, 0.2) is 0 Å². The molecule has 0 spiro atoms. The number of likely N-dealkylation sites (N-methyl/N-ethyl adjacent to an activating group) is 1. The molecule has 0 saturated carbocycles. The smallest absolute Gasteiger partial charge is 0.252 e. The van der Waals surface area contributed by atoms with Gasteiger partial charge < -0.3 is 9.64 Å². The summed E-state index contributed by atoms with van der Waals surface area (Å²) in [6, 6.07) is 9.65. The van der Waals surface area contributed by atoms with Crippen LogP contribution in [0.1, 0.15) is 27.7 Å². The van der Waals surface area contributed by atoms with Crippen LogP contribution in [0.2, 0.25) is 0 Å². The van der Waals surface area contributed by atoms with Crippen LogP contribution >= 0.6 is 0 Å². The lowest BCUT2D eigenvalue weighted by Gasteiger charge is -2.24. The highest BCUT2D eigenvalue weighted by atomic mass is 16.5. The maximum atomic E-state index is 12.0. The third-order valence-electron chi connectivity index (χ3n) is 2.31. The molecular formula is C14H21NO2. The molecule has 94 valence electrons. The van der Waals surface area contributed by atoms with Gasteiger partial charge in [-0.25, -0.2) is 0 Å². The van der Waals surface area contributed by atoms with E-state index in [2.05, 4.69) is 0 Å². The van der Waals surface area contributed by atoms with Crippen molar-refractivity contribution >= 4 is 11.6 Å². The molecule has 1 aromatic rings. The molecule has 0 aliphatic heterocycles. The van der Waals surface area contributed by atoms with Crippen LogP contribution < -0.4 is 4.90 Å². The van der Waals surface area contributed by atoms with Gasteiger partial charge in [0.05, 0.1) is 5.60 Å². The molecule has 1 amide bonds. The van der Waals surface area contributed by atoms with E-state index in [1.54, 1.807) is 4.90 Å². The molecule has 0 bridgehead atoms. The number of ether oxygens (including phenoxy) is 1. The van der Waals surface area contributed by atoms with Crippen molar-refractivity contribution in [2.24, 2.45) is 0 Å². The summed E-state index contributed by atoms with van der Waals surface area (Å²) in [5, 5.41) is 0. The fourth-order valence-electron chi connectivity index (χ4n) is 1.47. The second-order valence-corrected chi connectivity index (χ2v) is 4.87. The summed E-state index contributed by atoms with van der Waals surface area (Å²) in [7, 11) is 0. The summed E-state index contributed by atoms with van der Waals surface area (Å²) in [6.07, 6.45) is 0.